The van der Waals surface area contributed by atoms with Crippen LogP contribution in [-0.2, 0) is 11.3 Å². The van der Waals surface area contributed by atoms with Crippen LogP contribution in [0.2, 0.25) is 5.02 Å². The van der Waals surface area contributed by atoms with Crippen LogP contribution in [-0.4, -0.2) is 5.91 Å². The van der Waals surface area contributed by atoms with Crippen LogP contribution < -0.4 is 15.4 Å². The Morgan fingerprint density at radius 2 is 1.65 bits per heavy atom. The van der Waals surface area contributed by atoms with Gasteiger partial charge in [0.15, 0.2) is 5.75 Å². The summed E-state index contributed by atoms with van der Waals surface area (Å²) in [4.78, 5) is 14.0. The Bertz CT molecular complexity index is 910. The Kier molecular flexibility index (Phi) is 5.44. The Hall–Kier alpha value is -2.98. The van der Waals surface area contributed by atoms with Gasteiger partial charge in [0.1, 0.15) is 5.75 Å². The Balaban J connectivity index is 1.93. The Morgan fingerprint density at radius 1 is 1.00 bits per heavy atom. The normalized spacial score (nSPS) is 10.4. The number of hydrogen-bond acceptors (Lipinski definition) is 3. The first-order chi connectivity index (χ1) is 12.5. The molecule has 0 radical (unpaired) electrons. The molecule has 0 unspecified atom stereocenters. The van der Waals surface area contributed by atoms with Gasteiger partial charge in [-0.2, -0.15) is 0 Å². The summed E-state index contributed by atoms with van der Waals surface area (Å²) in [5.74, 6) is 1.13. The molecule has 1 amide bonds. The third-order valence-corrected chi connectivity index (χ3v) is 4.21. The summed E-state index contributed by atoms with van der Waals surface area (Å²) in [7, 11) is 0. The van der Waals surface area contributed by atoms with Gasteiger partial charge >= 0.3 is 0 Å². The molecular weight excluding hydrogens is 348 g/mol. The van der Waals surface area contributed by atoms with E-state index < -0.39 is 0 Å². The lowest BCUT2D eigenvalue weighted by Gasteiger charge is -2.24. The zero-order valence-electron chi connectivity index (χ0n) is 14.4. The van der Waals surface area contributed by atoms with Gasteiger partial charge in [-0.05, 0) is 48.0 Å². The summed E-state index contributed by atoms with van der Waals surface area (Å²) < 4.78 is 5.98. The number of halogens is 1. The van der Waals surface area contributed by atoms with Crippen LogP contribution in [0.5, 0.6) is 11.5 Å². The fraction of sp³-hybridized carbons (Fsp3) is 0.0952. The summed E-state index contributed by atoms with van der Waals surface area (Å²) in [6.07, 6.45) is 0. The SMILES string of the molecule is CC(=O)N(Cc1ccccc1N)c1ccccc1Oc1ccc(Cl)cc1. The third kappa shape index (κ3) is 4.16. The zero-order valence-corrected chi connectivity index (χ0v) is 15.1. The highest BCUT2D eigenvalue weighted by molar-refractivity contribution is 6.30. The number of amides is 1. The first-order valence-corrected chi connectivity index (χ1v) is 8.56. The second-order valence-corrected chi connectivity index (χ2v) is 6.26. The second-order valence-electron chi connectivity index (χ2n) is 5.83. The molecule has 0 heterocycles. The molecule has 3 rings (SSSR count). The van der Waals surface area contributed by atoms with Crippen molar-refractivity contribution in [2.24, 2.45) is 0 Å². The molecule has 4 nitrogen and oxygen atoms in total. The molecule has 0 fully saturated rings. The number of benzene rings is 3. The highest BCUT2D eigenvalue weighted by Gasteiger charge is 2.18. The maximum atomic E-state index is 12.3. The number of nitrogen functional groups attached to an aromatic ring is 1. The number of hydrogen-bond donors (Lipinski definition) is 1. The average molecular weight is 367 g/mol. The van der Waals surface area contributed by atoms with Crippen LogP contribution in [0.15, 0.2) is 72.8 Å². The van der Waals surface area contributed by atoms with Crippen LogP contribution in [0, 0.1) is 0 Å². The van der Waals surface area contributed by atoms with E-state index in [0.29, 0.717) is 34.4 Å². The summed E-state index contributed by atoms with van der Waals surface area (Å²) in [5, 5.41) is 0.635. The van der Waals surface area contributed by atoms with Crippen LogP contribution in [0.25, 0.3) is 0 Å². The number of nitrogens with two attached hydrogens (primary N) is 1. The van der Waals surface area contributed by atoms with E-state index in [0.717, 1.165) is 5.56 Å². The second kappa shape index (κ2) is 7.93. The summed E-state index contributed by atoms with van der Waals surface area (Å²) in [6.45, 7) is 1.89. The smallest absolute Gasteiger partial charge is 0.224 e. The minimum absolute atomic E-state index is 0.0968. The first kappa shape index (κ1) is 17.8. The molecule has 0 aromatic heterocycles. The molecule has 0 aliphatic heterocycles. The van der Waals surface area contributed by atoms with Crippen molar-refractivity contribution in [2.75, 3.05) is 10.6 Å². The molecule has 0 atom stereocenters. The molecule has 0 aliphatic rings. The molecule has 3 aromatic rings. The number of ether oxygens (including phenoxy) is 1. The number of carbonyl (C=O) groups excluding carboxylic acids is 1. The highest BCUT2D eigenvalue weighted by Crippen LogP contribution is 2.34. The van der Waals surface area contributed by atoms with E-state index in [9.17, 15) is 4.79 Å². The van der Waals surface area contributed by atoms with E-state index in [1.54, 1.807) is 29.2 Å². The van der Waals surface area contributed by atoms with Crippen LogP contribution in [0.4, 0.5) is 11.4 Å². The standard InChI is InChI=1S/C21H19ClN2O2/c1-15(25)24(14-16-6-2-3-7-19(16)23)20-8-4-5-9-21(20)26-18-12-10-17(22)11-13-18/h2-13H,14,23H2,1H3. The van der Waals surface area contributed by atoms with Gasteiger partial charge in [-0.1, -0.05) is 41.9 Å². The maximum Gasteiger partial charge on any atom is 0.224 e. The molecule has 2 N–H and O–H groups in total. The number of nitrogens with zero attached hydrogens (tertiary/aromatic N) is 1. The predicted octanol–water partition coefficient (Wildman–Crippen LogP) is 5.27. The number of rotatable bonds is 5. The molecule has 0 saturated carbocycles. The molecule has 0 saturated heterocycles. The Labute approximate surface area is 157 Å². The van der Waals surface area contributed by atoms with Crippen molar-refractivity contribution in [3.05, 3.63) is 83.4 Å². The minimum Gasteiger partial charge on any atom is -0.455 e. The molecule has 3 aromatic carbocycles. The summed E-state index contributed by atoms with van der Waals surface area (Å²) in [5.41, 5.74) is 8.25. The van der Waals surface area contributed by atoms with Crippen molar-refractivity contribution in [1.29, 1.82) is 0 Å². The van der Waals surface area contributed by atoms with Crippen LogP contribution in [0.1, 0.15) is 12.5 Å². The monoisotopic (exact) mass is 366 g/mol. The van der Waals surface area contributed by atoms with Gasteiger partial charge in [-0.15, -0.1) is 0 Å². The van der Waals surface area contributed by atoms with Gasteiger partial charge in [0.05, 0.1) is 12.2 Å². The fourth-order valence-electron chi connectivity index (χ4n) is 2.61. The van der Waals surface area contributed by atoms with Crippen LogP contribution >= 0.6 is 11.6 Å². The van der Waals surface area contributed by atoms with E-state index >= 15 is 0 Å². The van der Waals surface area contributed by atoms with E-state index in [1.165, 1.54) is 6.92 Å². The molecule has 0 spiro atoms. The number of para-hydroxylation sites is 3. The van der Waals surface area contributed by atoms with Crippen molar-refractivity contribution in [3.63, 3.8) is 0 Å². The van der Waals surface area contributed by atoms with Crippen molar-refractivity contribution >= 4 is 28.9 Å². The number of anilines is 2. The maximum absolute atomic E-state index is 12.3. The van der Waals surface area contributed by atoms with Gasteiger partial charge in [0, 0.05) is 17.6 Å². The van der Waals surface area contributed by atoms with E-state index in [4.69, 9.17) is 22.1 Å². The first-order valence-electron chi connectivity index (χ1n) is 8.18. The lowest BCUT2D eigenvalue weighted by molar-refractivity contribution is -0.116. The van der Waals surface area contributed by atoms with E-state index in [2.05, 4.69) is 0 Å². The summed E-state index contributed by atoms with van der Waals surface area (Å²) in [6, 6.07) is 22.0. The molecule has 5 heteroatoms. The van der Waals surface area contributed by atoms with Gasteiger partial charge in [-0.3, -0.25) is 4.79 Å². The van der Waals surface area contributed by atoms with Crippen LogP contribution in [0.3, 0.4) is 0 Å². The zero-order chi connectivity index (χ0) is 18.5. The van der Waals surface area contributed by atoms with Crippen molar-refractivity contribution < 1.29 is 9.53 Å². The number of carbonyl (C=O) groups is 1. The average Bonchev–Trinajstić information content (AvgIpc) is 2.63. The van der Waals surface area contributed by atoms with Crippen molar-refractivity contribution in [1.82, 2.24) is 0 Å². The Morgan fingerprint density at radius 3 is 2.35 bits per heavy atom. The predicted molar refractivity (Wildman–Crippen MR) is 106 cm³/mol. The molecular formula is C21H19ClN2O2. The third-order valence-electron chi connectivity index (χ3n) is 3.96. The van der Waals surface area contributed by atoms with Crippen molar-refractivity contribution in [2.45, 2.75) is 13.5 Å². The van der Waals surface area contributed by atoms with Gasteiger partial charge in [-0.25, -0.2) is 0 Å². The largest absolute Gasteiger partial charge is 0.455 e. The fourth-order valence-corrected chi connectivity index (χ4v) is 2.74. The molecule has 26 heavy (non-hydrogen) atoms. The molecule has 132 valence electrons. The van der Waals surface area contributed by atoms with Gasteiger partial charge in [0.25, 0.3) is 0 Å². The van der Waals surface area contributed by atoms with E-state index in [-0.39, 0.29) is 5.91 Å². The topological polar surface area (TPSA) is 55.6 Å². The molecule has 0 bridgehead atoms. The quantitative estimate of drug-likeness (QED) is 0.626. The van der Waals surface area contributed by atoms with E-state index in [1.807, 2.05) is 48.5 Å². The lowest BCUT2D eigenvalue weighted by Crippen LogP contribution is -2.28. The lowest BCUT2D eigenvalue weighted by atomic mass is 10.1. The summed E-state index contributed by atoms with van der Waals surface area (Å²) >= 11 is 5.92. The van der Waals surface area contributed by atoms with Crippen molar-refractivity contribution in [3.8, 4) is 11.5 Å². The minimum atomic E-state index is -0.0968. The van der Waals surface area contributed by atoms with Gasteiger partial charge in [0.2, 0.25) is 5.91 Å². The van der Waals surface area contributed by atoms with Gasteiger partial charge < -0.3 is 15.4 Å². The highest BCUT2D eigenvalue weighted by atomic mass is 35.5. The molecule has 0 aliphatic carbocycles.